The van der Waals surface area contributed by atoms with E-state index in [-0.39, 0.29) is 28.7 Å². The Morgan fingerprint density at radius 3 is 2.37 bits per heavy atom. The van der Waals surface area contributed by atoms with Gasteiger partial charge in [-0.3, -0.25) is 9.69 Å². The molecule has 0 radical (unpaired) electrons. The molecule has 2 aliphatic rings. The first-order chi connectivity index (χ1) is 14.3. The minimum atomic E-state index is -4.20. The van der Waals surface area contributed by atoms with Crippen LogP contribution in [0.25, 0.3) is 0 Å². The van der Waals surface area contributed by atoms with Crippen molar-refractivity contribution in [1.82, 2.24) is 4.90 Å². The summed E-state index contributed by atoms with van der Waals surface area (Å²) >= 11 is 0. The van der Waals surface area contributed by atoms with E-state index in [0.29, 0.717) is 23.3 Å². The van der Waals surface area contributed by atoms with Crippen LogP contribution in [0.1, 0.15) is 19.8 Å². The fourth-order valence-corrected chi connectivity index (χ4v) is 5.38. The smallest absolute Gasteiger partial charge is 0.341 e. The molecule has 0 bridgehead atoms. The summed E-state index contributed by atoms with van der Waals surface area (Å²) in [5.41, 5.74) is 0.180. The molecule has 7 nitrogen and oxygen atoms in total. The highest BCUT2D eigenvalue weighted by Gasteiger charge is 2.43. The predicted octanol–water partition coefficient (Wildman–Crippen LogP) is 3.22. The van der Waals surface area contributed by atoms with Crippen LogP contribution >= 0.6 is 0 Å². The van der Waals surface area contributed by atoms with Crippen LogP contribution in [0.15, 0.2) is 53.4 Å². The first-order valence-electron chi connectivity index (χ1n) is 9.78. The minimum absolute atomic E-state index is 0.0140. The van der Waals surface area contributed by atoms with Crippen LogP contribution < -0.4 is 9.21 Å². The maximum Gasteiger partial charge on any atom is 0.343 e. The standard InChI is InChI=1S/C21H22FN3O4S/c1-15-10-12-23(13-11-15)20(26)14-24-18-4-2-3-5-19(18)30(28,29)25(21(24)27)17-8-6-16(22)7-9-17/h2-9,15H,10-14H2,1H3. The van der Waals surface area contributed by atoms with Crippen LogP contribution in [-0.2, 0) is 14.8 Å². The van der Waals surface area contributed by atoms with Gasteiger partial charge in [0, 0.05) is 13.1 Å². The molecule has 2 heterocycles. The summed E-state index contributed by atoms with van der Waals surface area (Å²) in [6.45, 7) is 3.10. The summed E-state index contributed by atoms with van der Waals surface area (Å²) in [5.74, 6) is -0.235. The molecule has 2 aromatic rings. The van der Waals surface area contributed by atoms with Gasteiger partial charge in [0.15, 0.2) is 0 Å². The molecule has 0 atom stereocenters. The van der Waals surface area contributed by atoms with Crippen LogP contribution in [0.5, 0.6) is 0 Å². The van der Waals surface area contributed by atoms with Gasteiger partial charge in [-0.2, -0.15) is 4.31 Å². The van der Waals surface area contributed by atoms with Crippen molar-refractivity contribution in [1.29, 1.82) is 0 Å². The number of benzene rings is 2. The van der Waals surface area contributed by atoms with Crippen molar-refractivity contribution in [3.05, 3.63) is 54.3 Å². The van der Waals surface area contributed by atoms with Crippen LogP contribution in [0.4, 0.5) is 20.6 Å². The third kappa shape index (κ3) is 3.54. The van der Waals surface area contributed by atoms with Crippen molar-refractivity contribution in [2.45, 2.75) is 24.7 Å². The summed E-state index contributed by atoms with van der Waals surface area (Å²) < 4.78 is 40.3. The quantitative estimate of drug-likeness (QED) is 0.748. The molecule has 158 valence electrons. The predicted molar refractivity (Wildman–Crippen MR) is 110 cm³/mol. The Morgan fingerprint density at radius 2 is 1.70 bits per heavy atom. The Hall–Kier alpha value is -2.94. The third-order valence-electron chi connectivity index (χ3n) is 5.57. The van der Waals surface area contributed by atoms with Crippen LogP contribution in [0, 0.1) is 11.7 Å². The van der Waals surface area contributed by atoms with E-state index in [4.69, 9.17) is 0 Å². The van der Waals surface area contributed by atoms with Gasteiger partial charge >= 0.3 is 6.03 Å². The number of halogens is 1. The maximum absolute atomic E-state index is 13.4. The van der Waals surface area contributed by atoms with E-state index in [1.807, 2.05) is 0 Å². The summed E-state index contributed by atoms with van der Waals surface area (Å²) in [4.78, 5) is 29.0. The molecule has 30 heavy (non-hydrogen) atoms. The van der Waals surface area contributed by atoms with Crippen LogP contribution in [0.2, 0.25) is 0 Å². The van der Waals surface area contributed by atoms with Crippen molar-refractivity contribution < 1.29 is 22.4 Å². The van der Waals surface area contributed by atoms with Crippen molar-refractivity contribution in [2.75, 3.05) is 28.8 Å². The lowest BCUT2D eigenvalue weighted by Gasteiger charge is -2.37. The maximum atomic E-state index is 13.4. The number of likely N-dealkylation sites (tertiary alicyclic amines) is 1. The van der Waals surface area contributed by atoms with Gasteiger partial charge in [-0.05, 0) is 55.2 Å². The molecular formula is C21H22FN3O4S. The summed E-state index contributed by atoms with van der Waals surface area (Å²) in [7, 11) is -4.20. The molecule has 1 fully saturated rings. The number of carbonyl (C=O) groups excluding carboxylic acids is 2. The number of sulfonamides is 1. The first kappa shape index (κ1) is 20.3. The Kier molecular flexibility index (Phi) is 5.23. The Bertz CT molecular complexity index is 1080. The zero-order chi connectivity index (χ0) is 21.5. The second-order valence-corrected chi connectivity index (χ2v) is 9.40. The number of amides is 3. The Balaban J connectivity index is 1.72. The Labute approximate surface area is 174 Å². The van der Waals surface area contributed by atoms with E-state index < -0.39 is 21.9 Å². The number of hydrogen-bond acceptors (Lipinski definition) is 4. The van der Waals surface area contributed by atoms with E-state index in [0.717, 1.165) is 25.0 Å². The van der Waals surface area contributed by atoms with Gasteiger partial charge in [0.25, 0.3) is 10.0 Å². The van der Waals surface area contributed by atoms with Crippen molar-refractivity contribution >= 4 is 33.3 Å². The van der Waals surface area contributed by atoms with Gasteiger partial charge in [-0.25, -0.2) is 17.6 Å². The fourth-order valence-electron chi connectivity index (χ4n) is 3.78. The highest BCUT2D eigenvalue weighted by molar-refractivity contribution is 7.94. The molecule has 0 spiro atoms. The number of para-hydroxylation sites is 1. The second-order valence-electron chi connectivity index (χ2n) is 7.65. The van der Waals surface area contributed by atoms with Gasteiger partial charge in [0.1, 0.15) is 17.3 Å². The molecule has 0 aliphatic carbocycles. The molecule has 0 saturated carbocycles. The number of nitrogens with zero attached hydrogens (tertiary/aromatic N) is 3. The van der Waals surface area contributed by atoms with E-state index in [2.05, 4.69) is 6.92 Å². The van der Waals surface area contributed by atoms with Gasteiger partial charge in [0.05, 0.1) is 11.4 Å². The highest BCUT2D eigenvalue weighted by atomic mass is 32.2. The van der Waals surface area contributed by atoms with E-state index in [9.17, 15) is 22.4 Å². The van der Waals surface area contributed by atoms with Gasteiger partial charge < -0.3 is 4.90 Å². The molecule has 2 aromatic carbocycles. The Morgan fingerprint density at radius 1 is 1.07 bits per heavy atom. The average molecular weight is 431 g/mol. The number of carbonyl (C=O) groups is 2. The normalized spacial score (nSPS) is 19.0. The summed E-state index contributed by atoms with van der Waals surface area (Å²) in [6, 6.07) is 9.85. The molecule has 1 saturated heterocycles. The molecule has 9 heteroatoms. The number of hydrogen-bond donors (Lipinski definition) is 0. The molecule has 0 aromatic heterocycles. The second kappa shape index (κ2) is 7.71. The molecule has 0 unspecified atom stereocenters. The van der Waals surface area contributed by atoms with Crippen LogP contribution in [0.3, 0.4) is 0 Å². The topological polar surface area (TPSA) is 78.0 Å². The first-order valence-corrected chi connectivity index (χ1v) is 11.2. The molecule has 3 amide bonds. The highest BCUT2D eigenvalue weighted by Crippen LogP contribution is 2.37. The van der Waals surface area contributed by atoms with E-state index >= 15 is 0 Å². The van der Waals surface area contributed by atoms with Crippen molar-refractivity contribution in [3.8, 4) is 0 Å². The lowest BCUT2D eigenvalue weighted by atomic mass is 9.99. The zero-order valence-corrected chi connectivity index (χ0v) is 17.3. The van der Waals surface area contributed by atoms with Gasteiger partial charge in [-0.1, -0.05) is 19.1 Å². The summed E-state index contributed by atoms with van der Waals surface area (Å²) in [5, 5.41) is 0. The van der Waals surface area contributed by atoms with E-state index in [1.165, 1.54) is 29.2 Å². The van der Waals surface area contributed by atoms with Crippen LogP contribution in [-0.4, -0.2) is 44.9 Å². The molecule has 4 rings (SSSR count). The van der Waals surface area contributed by atoms with Gasteiger partial charge in [0.2, 0.25) is 5.91 Å². The lowest BCUT2D eigenvalue weighted by Crippen LogP contribution is -2.54. The zero-order valence-electron chi connectivity index (χ0n) is 16.5. The number of fused-ring (bicyclic) bond motifs is 1. The van der Waals surface area contributed by atoms with Crippen molar-refractivity contribution in [2.24, 2.45) is 5.92 Å². The largest absolute Gasteiger partial charge is 0.343 e. The monoisotopic (exact) mass is 431 g/mol. The molecular weight excluding hydrogens is 409 g/mol. The van der Waals surface area contributed by atoms with Gasteiger partial charge in [-0.15, -0.1) is 0 Å². The average Bonchev–Trinajstić information content (AvgIpc) is 2.73. The lowest BCUT2D eigenvalue weighted by molar-refractivity contribution is -0.130. The fraction of sp³-hybridized carbons (Fsp3) is 0.333. The number of piperidine rings is 1. The number of rotatable bonds is 3. The number of anilines is 2. The minimum Gasteiger partial charge on any atom is -0.341 e. The molecule has 2 aliphatic heterocycles. The summed E-state index contributed by atoms with van der Waals surface area (Å²) in [6.07, 6.45) is 1.79. The van der Waals surface area contributed by atoms with Crippen molar-refractivity contribution in [3.63, 3.8) is 0 Å². The van der Waals surface area contributed by atoms with E-state index in [1.54, 1.807) is 17.0 Å². The third-order valence-corrected chi connectivity index (χ3v) is 7.32. The SMILES string of the molecule is CC1CCN(C(=O)CN2C(=O)N(c3ccc(F)cc3)S(=O)(=O)c3ccccc32)CC1. The molecule has 0 N–H and O–H groups in total. The number of urea groups is 1.